The van der Waals surface area contributed by atoms with Crippen molar-refractivity contribution >= 4 is 42.4 Å². The lowest BCUT2D eigenvalue weighted by molar-refractivity contribution is -0.143. The minimum absolute atomic E-state index is 0. The highest BCUT2D eigenvalue weighted by molar-refractivity contribution is 6.30. The van der Waals surface area contributed by atoms with Gasteiger partial charge in [0.15, 0.2) is 0 Å². The van der Waals surface area contributed by atoms with Gasteiger partial charge >= 0.3 is 5.97 Å². The number of nitrogens with zero attached hydrogens (tertiary/aromatic N) is 1. The summed E-state index contributed by atoms with van der Waals surface area (Å²) in [5.41, 5.74) is 2.58. The molecule has 1 saturated heterocycles. The molecule has 1 aliphatic heterocycles. The number of aliphatic hydroxyl groups is 1. The molecule has 0 aliphatic carbocycles. The largest absolute Gasteiger partial charge is 0.466 e. The lowest BCUT2D eigenvalue weighted by Gasteiger charge is -2.40. The second kappa shape index (κ2) is 17.9. The number of carbonyl (C=O) groups excluding carboxylic acids is 1. The van der Waals surface area contributed by atoms with Crippen molar-refractivity contribution in [2.45, 2.75) is 56.5 Å². The first-order valence-corrected chi connectivity index (χ1v) is 15.0. The zero-order valence-corrected chi connectivity index (χ0v) is 26.9. The third-order valence-electron chi connectivity index (χ3n) is 8.26. The summed E-state index contributed by atoms with van der Waals surface area (Å²) in [7, 11) is 0. The number of esters is 1. The van der Waals surface area contributed by atoms with E-state index in [1.54, 1.807) is 0 Å². The van der Waals surface area contributed by atoms with Gasteiger partial charge in [0.2, 0.25) is 0 Å². The fourth-order valence-electron chi connectivity index (χ4n) is 5.95. The Kier molecular flexibility index (Phi) is 15.3. The summed E-state index contributed by atoms with van der Waals surface area (Å²) < 4.78 is 5.09. The van der Waals surface area contributed by atoms with E-state index in [2.05, 4.69) is 70.9 Å². The Hall–Kier alpha value is -2.12. The van der Waals surface area contributed by atoms with E-state index >= 15 is 0 Å². The first-order valence-electron chi connectivity index (χ1n) is 14.6. The first-order chi connectivity index (χ1) is 19.4. The Bertz CT molecular complexity index is 1130. The number of halogens is 3. The Morgan fingerprint density at radius 1 is 0.929 bits per heavy atom. The van der Waals surface area contributed by atoms with Crippen molar-refractivity contribution in [2.24, 2.45) is 0 Å². The predicted molar refractivity (Wildman–Crippen MR) is 177 cm³/mol. The Morgan fingerprint density at radius 3 is 2.05 bits per heavy atom. The van der Waals surface area contributed by atoms with Gasteiger partial charge in [-0.15, -0.1) is 24.8 Å². The lowest BCUT2D eigenvalue weighted by Crippen LogP contribution is -2.44. The fraction of sp³-hybridized carbons (Fsp3) is 0.441. The number of hydrogen-bond acceptors (Lipinski definition) is 5. The van der Waals surface area contributed by atoms with Crippen LogP contribution in [0, 0.1) is 0 Å². The molecule has 0 aromatic heterocycles. The van der Waals surface area contributed by atoms with Crippen molar-refractivity contribution in [2.75, 3.05) is 39.3 Å². The van der Waals surface area contributed by atoms with Crippen LogP contribution in [0.5, 0.6) is 0 Å². The molecule has 1 aliphatic rings. The third-order valence-corrected chi connectivity index (χ3v) is 8.51. The van der Waals surface area contributed by atoms with Crippen LogP contribution in [0.2, 0.25) is 5.02 Å². The van der Waals surface area contributed by atoms with Crippen LogP contribution in [0.4, 0.5) is 0 Å². The van der Waals surface area contributed by atoms with Crippen molar-refractivity contribution < 1.29 is 14.6 Å². The van der Waals surface area contributed by atoms with Crippen LogP contribution in [0.15, 0.2) is 84.9 Å². The summed E-state index contributed by atoms with van der Waals surface area (Å²) in [6.45, 7) is 6.55. The van der Waals surface area contributed by atoms with Gasteiger partial charge in [-0.1, -0.05) is 84.4 Å². The number of ether oxygens (including phenoxy) is 1. The van der Waals surface area contributed by atoms with Crippen LogP contribution in [0.25, 0.3) is 0 Å². The molecule has 8 heteroatoms. The van der Waals surface area contributed by atoms with E-state index in [0.29, 0.717) is 18.1 Å². The Balaban J connectivity index is 0.00000308. The number of hydrogen-bond donors (Lipinski definition) is 2. The molecule has 0 spiro atoms. The third kappa shape index (κ3) is 9.70. The second-order valence-corrected chi connectivity index (χ2v) is 11.3. The van der Waals surface area contributed by atoms with Crippen LogP contribution in [0.1, 0.15) is 62.1 Å². The van der Waals surface area contributed by atoms with Crippen molar-refractivity contribution in [3.05, 3.63) is 107 Å². The molecule has 4 rings (SSSR count). The van der Waals surface area contributed by atoms with E-state index in [0.717, 1.165) is 70.4 Å². The van der Waals surface area contributed by atoms with Gasteiger partial charge in [0.25, 0.3) is 0 Å². The van der Waals surface area contributed by atoms with Crippen LogP contribution >= 0.6 is 36.4 Å². The van der Waals surface area contributed by atoms with Crippen LogP contribution in [0.3, 0.4) is 0 Å². The average Bonchev–Trinajstić information content (AvgIpc) is 2.98. The number of benzene rings is 3. The maximum absolute atomic E-state index is 11.8. The van der Waals surface area contributed by atoms with Gasteiger partial charge in [-0.3, -0.25) is 4.79 Å². The SMILES string of the molecule is CCOC(=O)CCCNCC(CCCN1CCC(O)(c2ccc(Cl)cc2)CC1)(c1ccccc1)c1ccccc1.Cl.Cl. The number of piperidine rings is 1. The number of carbonyl (C=O) groups is 1. The highest BCUT2D eigenvalue weighted by Gasteiger charge is 2.36. The summed E-state index contributed by atoms with van der Waals surface area (Å²) in [6.07, 6.45) is 4.65. The topological polar surface area (TPSA) is 61.8 Å². The molecule has 230 valence electrons. The van der Waals surface area contributed by atoms with Gasteiger partial charge in [0.1, 0.15) is 0 Å². The summed E-state index contributed by atoms with van der Waals surface area (Å²) in [4.78, 5) is 14.3. The van der Waals surface area contributed by atoms with E-state index < -0.39 is 5.60 Å². The van der Waals surface area contributed by atoms with E-state index in [-0.39, 0.29) is 36.2 Å². The number of nitrogens with one attached hydrogen (secondary N) is 1. The van der Waals surface area contributed by atoms with Gasteiger partial charge < -0.3 is 20.1 Å². The average molecular weight is 636 g/mol. The molecule has 42 heavy (non-hydrogen) atoms. The highest BCUT2D eigenvalue weighted by atomic mass is 35.5. The summed E-state index contributed by atoms with van der Waals surface area (Å²) >= 11 is 6.06. The maximum Gasteiger partial charge on any atom is 0.305 e. The first kappa shape index (κ1) is 36.1. The molecule has 0 unspecified atom stereocenters. The molecular formula is C34H45Cl3N2O3. The van der Waals surface area contributed by atoms with Crippen molar-refractivity contribution in [1.29, 1.82) is 0 Å². The standard InChI is InChI=1S/C34H43ClN2O3.2ClH/c1-2-40-32(38)15-9-23-36-27-33(28-11-5-3-6-12-28,29-13-7-4-8-14-29)20-10-24-37-25-21-34(39,22-26-37)30-16-18-31(35)19-17-30;;/h3-8,11-14,16-19,36,39H,2,9-10,15,20-27H2,1H3;2*1H. The lowest BCUT2D eigenvalue weighted by atomic mass is 9.71. The minimum atomic E-state index is -0.785. The zero-order chi connectivity index (χ0) is 28.3. The fourth-order valence-corrected chi connectivity index (χ4v) is 6.08. The molecule has 0 atom stereocenters. The molecule has 3 aromatic carbocycles. The van der Waals surface area contributed by atoms with Crippen molar-refractivity contribution in [3.8, 4) is 0 Å². The molecule has 0 radical (unpaired) electrons. The summed E-state index contributed by atoms with van der Waals surface area (Å²) in [5.74, 6) is -0.133. The minimum Gasteiger partial charge on any atom is -0.466 e. The Labute approximate surface area is 268 Å². The van der Waals surface area contributed by atoms with Crippen LogP contribution < -0.4 is 5.32 Å². The highest BCUT2D eigenvalue weighted by Crippen LogP contribution is 2.38. The van der Waals surface area contributed by atoms with Crippen molar-refractivity contribution in [3.63, 3.8) is 0 Å². The zero-order valence-electron chi connectivity index (χ0n) is 24.5. The summed E-state index contributed by atoms with van der Waals surface area (Å²) in [5, 5.41) is 15.7. The van der Waals surface area contributed by atoms with Gasteiger partial charge in [-0.2, -0.15) is 0 Å². The summed E-state index contributed by atoms with van der Waals surface area (Å²) in [6, 6.07) is 29.2. The molecule has 0 amide bonds. The quantitative estimate of drug-likeness (QED) is 0.145. The van der Waals surface area contributed by atoms with E-state index in [1.165, 1.54) is 11.1 Å². The smallest absolute Gasteiger partial charge is 0.305 e. The van der Waals surface area contributed by atoms with E-state index in [9.17, 15) is 9.90 Å². The van der Waals surface area contributed by atoms with Gasteiger partial charge in [-0.25, -0.2) is 0 Å². The van der Waals surface area contributed by atoms with Gasteiger partial charge in [0.05, 0.1) is 12.2 Å². The molecular weight excluding hydrogens is 591 g/mol. The molecule has 1 fully saturated rings. The monoisotopic (exact) mass is 634 g/mol. The number of likely N-dealkylation sites (tertiary alicyclic amines) is 1. The maximum atomic E-state index is 11.8. The van der Waals surface area contributed by atoms with Gasteiger partial charge in [-0.05, 0) is 80.9 Å². The molecule has 5 nitrogen and oxygen atoms in total. The van der Waals surface area contributed by atoms with E-state index in [4.69, 9.17) is 16.3 Å². The molecule has 2 N–H and O–H groups in total. The molecule has 0 bridgehead atoms. The van der Waals surface area contributed by atoms with Gasteiger partial charge in [0, 0.05) is 36.5 Å². The van der Waals surface area contributed by atoms with E-state index in [1.807, 2.05) is 31.2 Å². The molecule has 0 saturated carbocycles. The second-order valence-electron chi connectivity index (χ2n) is 10.9. The van der Waals surface area contributed by atoms with Crippen molar-refractivity contribution in [1.82, 2.24) is 10.2 Å². The predicted octanol–water partition coefficient (Wildman–Crippen LogP) is 7.17. The molecule has 1 heterocycles. The van der Waals surface area contributed by atoms with Crippen LogP contribution in [-0.2, 0) is 20.5 Å². The molecule has 3 aromatic rings. The normalized spacial score (nSPS) is 14.8. The Morgan fingerprint density at radius 2 is 1.50 bits per heavy atom. The van der Waals surface area contributed by atoms with Crippen LogP contribution in [-0.4, -0.2) is 55.3 Å². The number of rotatable bonds is 14.